The van der Waals surface area contributed by atoms with Crippen molar-refractivity contribution in [3.63, 3.8) is 0 Å². The smallest absolute Gasteiger partial charge is 0.341 e. The van der Waals surface area contributed by atoms with Crippen molar-refractivity contribution >= 4 is 22.6 Å². The van der Waals surface area contributed by atoms with E-state index in [1.165, 1.54) is 12.1 Å². The van der Waals surface area contributed by atoms with E-state index in [0.717, 1.165) is 44.8 Å². The number of benzene rings is 1. The Morgan fingerprint density at radius 3 is 2.84 bits per heavy atom. The highest BCUT2D eigenvalue weighted by Gasteiger charge is 2.23. The maximum absolute atomic E-state index is 13.9. The predicted octanol–water partition coefficient (Wildman–Crippen LogP) is 3.08. The molecule has 1 saturated heterocycles. The van der Waals surface area contributed by atoms with Crippen LogP contribution in [0, 0.1) is 5.82 Å². The van der Waals surface area contributed by atoms with Crippen molar-refractivity contribution in [2.45, 2.75) is 20.3 Å². The van der Waals surface area contributed by atoms with Gasteiger partial charge in [-0.2, -0.15) is 0 Å². The number of hydrogen-bond donors (Lipinski definition) is 0. The summed E-state index contributed by atoms with van der Waals surface area (Å²) in [6.07, 6.45) is 2.55. The number of ether oxygens (including phenoxy) is 1. The van der Waals surface area contributed by atoms with Crippen LogP contribution in [-0.4, -0.2) is 55.2 Å². The lowest BCUT2D eigenvalue weighted by Gasteiger charge is -2.26. The van der Waals surface area contributed by atoms with Crippen LogP contribution in [0.1, 0.15) is 30.6 Å². The summed E-state index contributed by atoms with van der Waals surface area (Å²) in [6.45, 7) is 8.77. The van der Waals surface area contributed by atoms with Crippen LogP contribution in [-0.2, 0) is 4.74 Å². The van der Waals surface area contributed by atoms with Gasteiger partial charge in [-0.05, 0) is 44.6 Å². The van der Waals surface area contributed by atoms with Crippen LogP contribution in [0.3, 0.4) is 0 Å². The summed E-state index contributed by atoms with van der Waals surface area (Å²) in [6, 6.07) is 4.51. The number of esters is 1. The number of nitrogens with zero attached hydrogens (tertiary/aromatic N) is 3. The average Bonchev–Trinajstić information content (AvgIpc) is 2.86. The first-order valence-corrected chi connectivity index (χ1v) is 8.86. The lowest BCUT2D eigenvalue weighted by atomic mass is 10.1. The Balaban J connectivity index is 2.10. The van der Waals surface area contributed by atoms with Crippen molar-refractivity contribution in [2.75, 3.05) is 44.2 Å². The van der Waals surface area contributed by atoms with E-state index in [1.807, 2.05) is 0 Å². The Morgan fingerprint density at radius 2 is 2.08 bits per heavy atom. The first-order chi connectivity index (χ1) is 12.1. The number of aromatic nitrogens is 1. The molecule has 3 rings (SSSR count). The number of likely N-dealkylation sites (N-methyl/N-ethyl adjacent to an activating group) is 1. The van der Waals surface area contributed by atoms with Gasteiger partial charge in [0.15, 0.2) is 0 Å². The summed E-state index contributed by atoms with van der Waals surface area (Å²) in [5.74, 6) is -0.741. The van der Waals surface area contributed by atoms with Gasteiger partial charge in [-0.1, -0.05) is 6.92 Å². The first-order valence-electron chi connectivity index (χ1n) is 8.86. The molecule has 1 fully saturated rings. The summed E-state index contributed by atoms with van der Waals surface area (Å²) in [7, 11) is 0. The topological polar surface area (TPSA) is 45.7 Å². The first kappa shape index (κ1) is 17.6. The summed E-state index contributed by atoms with van der Waals surface area (Å²) in [4.78, 5) is 21.3. The molecule has 0 bridgehead atoms. The van der Waals surface area contributed by atoms with Gasteiger partial charge in [0.05, 0.1) is 17.8 Å². The zero-order valence-corrected chi connectivity index (χ0v) is 14.8. The number of anilines is 1. The van der Waals surface area contributed by atoms with Crippen LogP contribution >= 0.6 is 0 Å². The van der Waals surface area contributed by atoms with Gasteiger partial charge < -0.3 is 14.5 Å². The molecule has 0 saturated carbocycles. The third-order valence-electron chi connectivity index (χ3n) is 4.65. The van der Waals surface area contributed by atoms with Crippen molar-refractivity contribution in [3.8, 4) is 0 Å². The number of halogens is 1. The molecule has 0 unspecified atom stereocenters. The van der Waals surface area contributed by atoms with E-state index in [-0.39, 0.29) is 5.82 Å². The molecule has 0 aliphatic carbocycles. The second kappa shape index (κ2) is 7.78. The third-order valence-corrected chi connectivity index (χ3v) is 4.65. The number of hydrogen-bond acceptors (Lipinski definition) is 5. The van der Waals surface area contributed by atoms with Gasteiger partial charge in [0.2, 0.25) is 0 Å². The van der Waals surface area contributed by atoms with Gasteiger partial charge in [-0.25, -0.2) is 9.18 Å². The molecule has 134 valence electrons. The van der Waals surface area contributed by atoms with Crippen molar-refractivity contribution < 1.29 is 13.9 Å². The standard InChI is InChI=1S/C19H24FN3O2/c1-3-22-8-5-9-23(11-10-22)18-15-12-14(20)6-7-17(15)21-13-16(18)19(24)25-4-2/h6-7,12-13H,3-5,8-11H2,1-2H3. The van der Waals surface area contributed by atoms with Crippen LogP contribution in [0.2, 0.25) is 0 Å². The molecular weight excluding hydrogens is 321 g/mol. The molecule has 0 atom stereocenters. The molecule has 0 spiro atoms. The molecule has 5 nitrogen and oxygen atoms in total. The van der Waals surface area contributed by atoms with Crippen LogP contribution in [0.4, 0.5) is 10.1 Å². The summed E-state index contributed by atoms with van der Waals surface area (Å²) >= 11 is 0. The van der Waals surface area contributed by atoms with Gasteiger partial charge in [0, 0.05) is 31.2 Å². The van der Waals surface area contributed by atoms with Gasteiger partial charge >= 0.3 is 5.97 Å². The molecule has 25 heavy (non-hydrogen) atoms. The molecule has 6 heteroatoms. The van der Waals surface area contributed by atoms with Gasteiger partial charge in [-0.3, -0.25) is 4.98 Å². The second-order valence-electron chi connectivity index (χ2n) is 6.18. The molecule has 2 heterocycles. The minimum absolute atomic E-state index is 0.295. The normalized spacial score (nSPS) is 16.0. The van der Waals surface area contributed by atoms with E-state index >= 15 is 0 Å². The Kier molecular flexibility index (Phi) is 5.48. The van der Waals surface area contributed by atoms with Gasteiger partial charge in [-0.15, -0.1) is 0 Å². The van der Waals surface area contributed by atoms with Crippen LogP contribution in [0.5, 0.6) is 0 Å². The van der Waals surface area contributed by atoms with E-state index in [0.29, 0.717) is 23.1 Å². The van der Waals surface area contributed by atoms with E-state index in [9.17, 15) is 9.18 Å². The fourth-order valence-corrected chi connectivity index (χ4v) is 3.36. The molecule has 0 radical (unpaired) electrons. The molecule has 0 amide bonds. The zero-order chi connectivity index (χ0) is 17.8. The Morgan fingerprint density at radius 1 is 1.24 bits per heavy atom. The molecular formula is C19H24FN3O2. The van der Waals surface area contributed by atoms with Crippen molar-refractivity contribution in [1.29, 1.82) is 0 Å². The maximum atomic E-state index is 13.9. The monoisotopic (exact) mass is 345 g/mol. The third kappa shape index (κ3) is 3.74. The number of carbonyl (C=O) groups is 1. The fourth-order valence-electron chi connectivity index (χ4n) is 3.36. The number of fused-ring (bicyclic) bond motifs is 1. The van der Waals surface area contributed by atoms with E-state index in [4.69, 9.17) is 4.74 Å². The highest BCUT2D eigenvalue weighted by atomic mass is 19.1. The van der Waals surface area contributed by atoms with Crippen LogP contribution in [0.15, 0.2) is 24.4 Å². The summed E-state index contributed by atoms with van der Waals surface area (Å²) < 4.78 is 19.1. The van der Waals surface area contributed by atoms with Gasteiger partial charge in [0.25, 0.3) is 0 Å². The zero-order valence-electron chi connectivity index (χ0n) is 14.8. The number of carbonyl (C=O) groups excluding carboxylic acids is 1. The molecule has 0 N–H and O–H groups in total. The highest BCUT2D eigenvalue weighted by Crippen LogP contribution is 2.31. The fraction of sp³-hybridized carbons (Fsp3) is 0.474. The SMILES string of the molecule is CCOC(=O)c1cnc2ccc(F)cc2c1N1CCCN(CC)CC1. The van der Waals surface area contributed by atoms with Crippen molar-refractivity contribution in [3.05, 3.63) is 35.8 Å². The van der Waals surface area contributed by atoms with Crippen molar-refractivity contribution in [2.24, 2.45) is 0 Å². The quantitative estimate of drug-likeness (QED) is 0.797. The van der Waals surface area contributed by atoms with Crippen molar-refractivity contribution in [1.82, 2.24) is 9.88 Å². The highest BCUT2D eigenvalue weighted by molar-refractivity contribution is 6.05. The lowest BCUT2D eigenvalue weighted by molar-refractivity contribution is 0.0527. The molecule has 1 aromatic heterocycles. The summed E-state index contributed by atoms with van der Waals surface area (Å²) in [5.41, 5.74) is 1.83. The molecule has 1 aliphatic heterocycles. The van der Waals surface area contributed by atoms with Gasteiger partial charge in [0.1, 0.15) is 11.4 Å². The number of rotatable bonds is 4. The Hall–Kier alpha value is -2.21. The minimum Gasteiger partial charge on any atom is -0.462 e. The average molecular weight is 345 g/mol. The van der Waals surface area contributed by atoms with E-state index in [1.54, 1.807) is 19.2 Å². The van der Waals surface area contributed by atoms with E-state index < -0.39 is 5.97 Å². The van der Waals surface area contributed by atoms with E-state index in [2.05, 4.69) is 21.7 Å². The Bertz CT molecular complexity index is 766. The summed E-state index contributed by atoms with van der Waals surface area (Å²) in [5, 5.41) is 0.663. The lowest BCUT2D eigenvalue weighted by Crippen LogP contribution is -2.31. The molecule has 1 aliphatic rings. The largest absolute Gasteiger partial charge is 0.462 e. The minimum atomic E-state index is -0.409. The second-order valence-corrected chi connectivity index (χ2v) is 6.18. The van der Waals surface area contributed by atoms with Crippen LogP contribution < -0.4 is 4.90 Å². The molecule has 2 aromatic rings. The predicted molar refractivity (Wildman–Crippen MR) is 96.6 cm³/mol. The van der Waals surface area contributed by atoms with Crippen LogP contribution in [0.25, 0.3) is 10.9 Å². The number of pyridine rings is 1. The Labute approximate surface area is 147 Å². The molecule has 1 aromatic carbocycles. The maximum Gasteiger partial charge on any atom is 0.341 e.